The highest BCUT2D eigenvalue weighted by molar-refractivity contribution is 7.86. The number of carbonyl (C=O) groups is 1. The van der Waals surface area contributed by atoms with E-state index in [0.29, 0.717) is 0 Å². The van der Waals surface area contributed by atoms with Crippen molar-refractivity contribution in [3.63, 3.8) is 0 Å². The van der Waals surface area contributed by atoms with Crippen LogP contribution in [0, 0.1) is 0 Å². The minimum atomic E-state index is -5.06. The molecule has 0 aromatic heterocycles. The number of hydrogen-bond donors (Lipinski definition) is 3. The van der Waals surface area contributed by atoms with E-state index < -0.39 is 39.7 Å². The molecule has 1 aromatic carbocycles. The first-order valence-corrected chi connectivity index (χ1v) is 6.23. The Morgan fingerprint density at radius 1 is 1.28 bits per heavy atom. The fourth-order valence-corrected chi connectivity index (χ4v) is 2.16. The van der Waals surface area contributed by atoms with Gasteiger partial charge in [-0.1, -0.05) is 18.2 Å². The van der Waals surface area contributed by atoms with Crippen LogP contribution < -0.4 is 0 Å². The zero-order chi connectivity index (χ0) is 13.9. The molecule has 0 saturated heterocycles. The van der Waals surface area contributed by atoms with Gasteiger partial charge in [-0.25, -0.2) is 0 Å². The summed E-state index contributed by atoms with van der Waals surface area (Å²) in [6.07, 6.45) is -4.32. The number of hydrogen-bond acceptors (Lipinski definition) is 5. The van der Waals surface area contributed by atoms with Crippen molar-refractivity contribution in [2.24, 2.45) is 0 Å². The Morgan fingerprint density at radius 3 is 2.33 bits per heavy atom. The average Bonchev–Trinajstić information content (AvgIpc) is 2.26. The minimum absolute atomic E-state index is 0.381. The summed E-state index contributed by atoms with van der Waals surface area (Å²) in [6.45, 7) is 0. The normalized spacial score (nSPS) is 15.1. The number of halogens is 1. The van der Waals surface area contributed by atoms with E-state index in [4.69, 9.17) is 5.11 Å². The molecule has 0 fully saturated rings. The van der Waals surface area contributed by atoms with Crippen LogP contribution in [0.15, 0.2) is 29.2 Å². The molecule has 100 valence electrons. The molecule has 18 heavy (non-hydrogen) atoms. The summed E-state index contributed by atoms with van der Waals surface area (Å²) in [7, 11) is -5.06. The van der Waals surface area contributed by atoms with Crippen LogP contribution >= 0.6 is 0 Å². The number of carboxylic acid groups (broad SMARTS) is 1. The molecule has 0 aliphatic rings. The van der Waals surface area contributed by atoms with Gasteiger partial charge >= 0.3 is 16.2 Å². The van der Waals surface area contributed by atoms with E-state index in [0.717, 1.165) is 12.1 Å². The third kappa shape index (κ3) is 3.49. The van der Waals surface area contributed by atoms with Crippen LogP contribution in [0.5, 0.6) is 0 Å². The SMILES string of the molecule is O=C(O)CC(O)C(O)c1ccccc1S(=O)(=O)F. The predicted octanol–water partition coefficient (Wildman–Crippen LogP) is 0.214. The third-order valence-electron chi connectivity index (χ3n) is 2.25. The van der Waals surface area contributed by atoms with E-state index in [1.165, 1.54) is 12.1 Å². The Labute approximate surface area is 103 Å². The van der Waals surface area contributed by atoms with Crippen LogP contribution in [0.3, 0.4) is 0 Å². The highest BCUT2D eigenvalue weighted by atomic mass is 32.3. The molecule has 0 amide bonds. The van der Waals surface area contributed by atoms with Gasteiger partial charge in [0, 0.05) is 5.56 Å². The van der Waals surface area contributed by atoms with Crippen LogP contribution in [0.4, 0.5) is 3.89 Å². The lowest BCUT2D eigenvalue weighted by Crippen LogP contribution is -2.23. The summed E-state index contributed by atoms with van der Waals surface area (Å²) in [5.41, 5.74) is -0.381. The number of rotatable bonds is 5. The van der Waals surface area contributed by atoms with Crippen LogP contribution in [0.2, 0.25) is 0 Å². The van der Waals surface area contributed by atoms with Gasteiger partial charge in [-0.15, -0.1) is 3.89 Å². The van der Waals surface area contributed by atoms with Gasteiger partial charge in [0.2, 0.25) is 0 Å². The van der Waals surface area contributed by atoms with Crippen LogP contribution in [0.25, 0.3) is 0 Å². The maximum atomic E-state index is 12.9. The molecule has 6 nitrogen and oxygen atoms in total. The summed E-state index contributed by atoms with van der Waals surface area (Å²) in [6, 6.07) is 4.59. The van der Waals surface area contributed by atoms with Gasteiger partial charge in [0.05, 0.1) is 12.5 Å². The zero-order valence-electron chi connectivity index (χ0n) is 9.02. The maximum Gasteiger partial charge on any atom is 0.332 e. The van der Waals surface area contributed by atoms with Gasteiger partial charge in [0.1, 0.15) is 11.0 Å². The minimum Gasteiger partial charge on any atom is -0.481 e. The highest BCUT2D eigenvalue weighted by Crippen LogP contribution is 2.27. The molecule has 8 heteroatoms. The van der Waals surface area contributed by atoms with Gasteiger partial charge < -0.3 is 15.3 Å². The number of aliphatic carboxylic acids is 1. The molecule has 1 aromatic rings. The second-order valence-electron chi connectivity index (χ2n) is 3.59. The van der Waals surface area contributed by atoms with Crippen molar-refractivity contribution in [1.82, 2.24) is 0 Å². The van der Waals surface area contributed by atoms with Gasteiger partial charge in [0.25, 0.3) is 0 Å². The number of carboxylic acids is 1. The van der Waals surface area contributed by atoms with Crippen molar-refractivity contribution in [3.8, 4) is 0 Å². The molecule has 0 bridgehead atoms. The summed E-state index contributed by atoms with van der Waals surface area (Å²) in [4.78, 5) is 9.57. The molecule has 2 unspecified atom stereocenters. The fourth-order valence-electron chi connectivity index (χ4n) is 1.44. The quantitative estimate of drug-likeness (QED) is 0.664. The Kier molecular flexibility index (Phi) is 4.38. The zero-order valence-corrected chi connectivity index (χ0v) is 9.84. The average molecular weight is 278 g/mol. The first-order valence-electron chi connectivity index (χ1n) is 4.85. The van der Waals surface area contributed by atoms with Crippen LogP contribution in [0.1, 0.15) is 18.1 Å². The Hall–Kier alpha value is -1.51. The monoisotopic (exact) mass is 278 g/mol. The Balaban J connectivity index is 3.14. The van der Waals surface area contributed by atoms with Crippen molar-refractivity contribution in [2.75, 3.05) is 0 Å². The Morgan fingerprint density at radius 2 is 1.83 bits per heavy atom. The molecular formula is C10H11FO6S. The fraction of sp³-hybridized carbons (Fsp3) is 0.300. The van der Waals surface area contributed by atoms with E-state index in [-0.39, 0.29) is 5.56 Å². The van der Waals surface area contributed by atoms with Gasteiger partial charge in [-0.3, -0.25) is 4.79 Å². The number of aliphatic hydroxyl groups excluding tert-OH is 2. The highest BCUT2D eigenvalue weighted by Gasteiger charge is 2.27. The first kappa shape index (κ1) is 14.6. The van der Waals surface area contributed by atoms with Gasteiger partial charge in [0.15, 0.2) is 0 Å². The van der Waals surface area contributed by atoms with Crippen molar-refractivity contribution in [1.29, 1.82) is 0 Å². The van der Waals surface area contributed by atoms with E-state index in [9.17, 15) is 27.3 Å². The van der Waals surface area contributed by atoms with E-state index in [2.05, 4.69) is 0 Å². The van der Waals surface area contributed by atoms with E-state index in [1.807, 2.05) is 0 Å². The molecule has 0 radical (unpaired) electrons. The summed E-state index contributed by atoms with van der Waals surface area (Å²) in [5, 5.41) is 27.5. The molecule has 0 saturated carbocycles. The summed E-state index contributed by atoms with van der Waals surface area (Å²) >= 11 is 0. The molecule has 2 atom stereocenters. The molecule has 3 N–H and O–H groups in total. The molecular weight excluding hydrogens is 267 g/mol. The van der Waals surface area contributed by atoms with E-state index >= 15 is 0 Å². The number of aliphatic hydroxyl groups is 2. The first-order chi connectivity index (χ1) is 8.23. The molecule has 1 rings (SSSR count). The van der Waals surface area contributed by atoms with Crippen LogP contribution in [-0.4, -0.2) is 35.8 Å². The van der Waals surface area contributed by atoms with Crippen molar-refractivity contribution in [3.05, 3.63) is 29.8 Å². The van der Waals surface area contributed by atoms with E-state index in [1.54, 1.807) is 0 Å². The topological polar surface area (TPSA) is 112 Å². The summed E-state index contributed by atoms with van der Waals surface area (Å²) < 4.78 is 34.6. The van der Waals surface area contributed by atoms with Gasteiger partial charge in [-0.2, -0.15) is 8.42 Å². The van der Waals surface area contributed by atoms with Gasteiger partial charge in [-0.05, 0) is 6.07 Å². The molecule has 0 heterocycles. The lowest BCUT2D eigenvalue weighted by Gasteiger charge is -2.18. The lowest BCUT2D eigenvalue weighted by molar-refractivity contribution is -0.141. The summed E-state index contributed by atoms with van der Waals surface area (Å²) in [5.74, 6) is -1.37. The molecule has 0 aliphatic heterocycles. The predicted molar refractivity (Wildman–Crippen MR) is 58.0 cm³/mol. The lowest BCUT2D eigenvalue weighted by atomic mass is 10.0. The largest absolute Gasteiger partial charge is 0.481 e. The second kappa shape index (κ2) is 5.42. The van der Waals surface area contributed by atoms with Crippen molar-refractivity contribution < 1.29 is 32.4 Å². The van der Waals surface area contributed by atoms with Crippen LogP contribution in [-0.2, 0) is 15.0 Å². The molecule has 0 aliphatic carbocycles. The van der Waals surface area contributed by atoms with Crippen molar-refractivity contribution >= 4 is 16.2 Å². The smallest absolute Gasteiger partial charge is 0.332 e. The standard InChI is InChI=1S/C10H11FO6S/c11-18(16,17)8-4-2-1-3-6(8)10(15)7(12)5-9(13)14/h1-4,7,10,12,15H,5H2,(H,13,14). The van der Waals surface area contributed by atoms with Crippen molar-refractivity contribution in [2.45, 2.75) is 23.5 Å². The molecule has 0 spiro atoms. The number of benzene rings is 1. The Bertz CT molecular complexity index is 541. The third-order valence-corrected chi connectivity index (χ3v) is 3.15. The second-order valence-corrected chi connectivity index (χ2v) is 4.90. The maximum absolute atomic E-state index is 12.9.